The first-order valence-corrected chi connectivity index (χ1v) is 8.97. The predicted octanol–water partition coefficient (Wildman–Crippen LogP) is 3.10. The number of hydrogen-bond donors (Lipinski definition) is 1. The van der Waals surface area contributed by atoms with Gasteiger partial charge in [0.1, 0.15) is 5.82 Å². The van der Waals surface area contributed by atoms with Gasteiger partial charge in [-0.3, -0.25) is 9.59 Å². The van der Waals surface area contributed by atoms with E-state index < -0.39 is 0 Å². The maximum atomic E-state index is 12.4. The molecule has 124 valence electrons. The molecule has 0 radical (unpaired) electrons. The third kappa shape index (κ3) is 3.59. The summed E-state index contributed by atoms with van der Waals surface area (Å²) >= 11 is 1.65. The average Bonchev–Trinajstić information content (AvgIpc) is 2.97. The third-order valence-corrected chi connectivity index (χ3v) is 4.79. The predicted molar refractivity (Wildman–Crippen MR) is 96.3 cm³/mol. The molecule has 0 spiro atoms. The van der Waals surface area contributed by atoms with Gasteiger partial charge in [0, 0.05) is 29.7 Å². The SMILES string of the molecule is CSc1ccc(N2CC(C(=O)Nc3cc(C)ccn3)CC2=O)cc1. The van der Waals surface area contributed by atoms with Crippen LogP contribution in [-0.2, 0) is 9.59 Å². The van der Waals surface area contributed by atoms with Gasteiger partial charge >= 0.3 is 0 Å². The fourth-order valence-electron chi connectivity index (χ4n) is 2.73. The highest BCUT2D eigenvalue weighted by molar-refractivity contribution is 7.98. The lowest BCUT2D eigenvalue weighted by atomic mass is 10.1. The van der Waals surface area contributed by atoms with Gasteiger partial charge in [-0.05, 0) is 55.1 Å². The quantitative estimate of drug-likeness (QED) is 0.868. The number of pyridine rings is 1. The molecule has 1 fully saturated rings. The van der Waals surface area contributed by atoms with Crippen LogP contribution in [0.1, 0.15) is 12.0 Å². The summed E-state index contributed by atoms with van der Waals surface area (Å²) in [6.07, 6.45) is 3.89. The van der Waals surface area contributed by atoms with Crippen molar-refractivity contribution in [2.75, 3.05) is 23.0 Å². The molecule has 1 saturated heterocycles. The number of anilines is 2. The van der Waals surface area contributed by atoms with Gasteiger partial charge in [-0.2, -0.15) is 0 Å². The first-order chi connectivity index (χ1) is 11.6. The van der Waals surface area contributed by atoms with Crippen LogP contribution in [0.2, 0.25) is 0 Å². The zero-order valence-electron chi connectivity index (χ0n) is 13.7. The summed E-state index contributed by atoms with van der Waals surface area (Å²) in [5, 5.41) is 2.80. The highest BCUT2D eigenvalue weighted by Crippen LogP contribution is 2.27. The molecule has 2 aromatic rings. The summed E-state index contributed by atoms with van der Waals surface area (Å²) in [6.45, 7) is 2.34. The van der Waals surface area contributed by atoms with Crippen LogP contribution in [0.3, 0.4) is 0 Å². The lowest BCUT2D eigenvalue weighted by Gasteiger charge is -2.17. The van der Waals surface area contributed by atoms with Crippen molar-refractivity contribution in [3.8, 4) is 0 Å². The summed E-state index contributed by atoms with van der Waals surface area (Å²) in [5.41, 5.74) is 1.86. The van der Waals surface area contributed by atoms with Gasteiger partial charge < -0.3 is 10.2 Å². The Balaban J connectivity index is 1.68. The summed E-state index contributed by atoms with van der Waals surface area (Å²) in [7, 11) is 0. The van der Waals surface area contributed by atoms with E-state index >= 15 is 0 Å². The zero-order chi connectivity index (χ0) is 17.1. The van der Waals surface area contributed by atoms with Crippen molar-refractivity contribution in [1.29, 1.82) is 0 Å². The number of amides is 2. The van der Waals surface area contributed by atoms with E-state index in [1.165, 1.54) is 0 Å². The van der Waals surface area contributed by atoms with E-state index in [2.05, 4.69) is 10.3 Å². The first-order valence-electron chi connectivity index (χ1n) is 7.75. The van der Waals surface area contributed by atoms with Crippen molar-refractivity contribution in [3.05, 3.63) is 48.2 Å². The Morgan fingerprint density at radius 2 is 2.04 bits per heavy atom. The molecule has 1 aromatic carbocycles. The summed E-state index contributed by atoms with van der Waals surface area (Å²) < 4.78 is 0. The molecule has 2 amide bonds. The summed E-state index contributed by atoms with van der Waals surface area (Å²) in [4.78, 5) is 31.6. The van der Waals surface area contributed by atoms with Crippen LogP contribution in [0, 0.1) is 12.8 Å². The highest BCUT2D eigenvalue weighted by atomic mass is 32.2. The minimum absolute atomic E-state index is 0.0238. The van der Waals surface area contributed by atoms with E-state index in [1.54, 1.807) is 22.9 Å². The highest BCUT2D eigenvalue weighted by Gasteiger charge is 2.35. The number of nitrogens with one attached hydrogen (secondary N) is 1. The third-order valence-electron chi connectivity index (χ3n) is 4.05. The molecule has 2 heterocycles. The lowest BCUT2D eigenvalue weighted by Crippen LogP contribution is -2.28. The summed E-state index contributed by atoms with van der Waals surface area (Å²) in [6, 6.07) is 11.5. The van der Waals surface area contributed by atoms with Gasteiger partial charge in [-0.25, -0.2) is 4.98 Å². The van der Waals surface area contributed by atoms with E-state index in [4.69, 9.17) is 0 Å². The number of nitrogens with zero attached hydrogens (tertiary/aromatic N) is 2. The Hall–Kier alpha value is -2.34. The molecule has 6 heteroatoms. The number of rotatable bonds is 4. The number of carbonyl (C=O) groups excluding carboxylic acids is 2. The topological polar surface area (TPSA) is 62.3 Å². The Bertz CT molecular complexity index is 761. The average molecular weight is 341 g/mol. The Morgan fingerprint density at radius 1 is 1.29 bits per heavy atom. The molecule has 1 aliphatic heterocycles. The molecule has 0 bridgehead atoms. The second kappa shape index (κ2) is 7.05. The second-order valence-electron chi connectivity index (χ2n) is 5.81. The maximum absolute atomic E-state index is 12.4. The zero-order valence-corrected chi connectivity index (χ0v) is 14.5. The molecule has 1 aromatic heterocycles. The molecule has 1 N–H and O–H groups in total. The Kier molecular flexibility index (Phi) is 4.85. The molecular weight excluding hydrogens is 322 g/mol. The lowest BCUT2D eigenvalue weighted by molar-refractivity contribution is -0.122. The van der Waals surface area contributed by atoms with Crippen LogP contribution >= 0.6 is 11.8 Å². The number of hydrogen-bond acceptors (Lipinski definition) is 4. The van der Waals surface area contributed by atoms with Gasteiger partial charge in [-0.1, -0.05) is 0 Å². The molecule has 0 aliphatic carbocycles. The van der Waals surface area contributed by atoms with Crippen molar-refractivity contribution >= 4 is 35.1 Å². The van der Waals surface area contributed by atoms with Gasteiger partial charge in [-0.15, -0.1) is 11.8 Å². The molecule has 3 rings (SSSR count). The Labute approximate surface area is 145 Å². The molecule has 1 unspecified atom stereocenters. The van der Waals surface area contributed by atoms with E-state index in [1.807, 2.05) is 49.6 Å². The van der Waals surface area contributed by atoms with E-state index in [9.17, 15) is 9.59 Å². The second-order valence-corrected chi connectivity index (χ2v) is 6.69. The van der Waals surface area contributed by atoms with Crippen molar-refractivity contribution in [1.82, 2.24) is 4.98 Å². The number of aromatic nitrogens is 1. The van der Waals surface area contributed by atoms with Crippen molar-refractivity contribution in [3.63, 3.8) is 0 Å². The molecule has 1 atom stereocenters. The fraction of sp³-hybridized carbons (Fsp3) is 0.278. The standard InChI is InChI=1S/C18H19N3O2S/c1-12-7-8-19-16(9-12)20-18(23)13-10-17(22)21(11-13)14-3-5-15(24-2)6-4-14/h3-9,13H,10-11H2,1-2H3,(H,19,20,23). The minimum atomic E-state index is -0.361. The summed E-state index contributed by atoms with van der Waals surface area (Å²) in [5.74, 6) is -0.0239. The van der Waals surface area contributed by atoms with Gasteiger partial charge in [0.15, 0.2) is 0 Å². The van der Waals surface area contributed by atoms with Crippen LogP contribution in [0.5, 0.6) is 0 Å². The number of benzene rings is 1. The number of aryl methyl sites for hydroxylation is 1. The maximum Gasteiger partial charge on any atom is 0.230 e. The van der Waals surface area contributed by atoms with E-state index in [0.29, 0.717) is 12.4 Å². The van der Waals surface area contributed by atoms with Crippen LogP contribution in [0.25, 0.3) is 0 Å². The number of thioether (sulfide) groups is 1. The van der Waals surface area contributed by atoms with E-state index in [0.717, 1.165) is 16.1 Å². The van der Waals surface area contributed by atoms with E-state index in [-0.39, 0.29) is 24.2 Å². The van der Waals surface area contributed by atoms with Crippen molar-refractivity contribution < 1.29 is 9.59 Å². The number of carbonyl (C=O) groups is 2. The minimum Gasteiger partial charge on any atom is -0.312 e. The monoisotopic (exact) mass is 341 g/mol. The van der Waals surface area contributed by atoms with Crippen LogP contribution < -0.4 is 10.2 Å². The molecular formula is C18H19N3O2S. The first kappa shape index (κ1) is 16.5. The van der Waals surface area contributed by atoms with Crippen molar-refractivity contribution in [2.24, 2.45) is 5.92 Å². The smallest absolute Gasteiger partial charge is 0.230 e. The van der Waals surface area contributed by atoms with Gasteiger partial charge in [0.25, 0.3) is 0 Å². The molecule has 1 aliphatic rings. The van der Waals surface area contributed by atoms with Gasteiger partial charge in [0.05, 0.1) is 5.92 Å². The van der Waals surface area contributed by atoms with Gasteiger partial charge in [0.2, 0.25) is 11.8 Å². The molecule has 0 saturated carbocycles. The Morgan fingerprint density at radius 3 is 2.71 bits per heavy atom. The van der Waals surface area contributed by atoms with Crippen LogP contribution in [0.4, 0.5) is 11.5 Å². The van der Waals surface area contributed by atoms with Crippen LogP contribution in [0.15, 0.2) is 47.5 Å². The van der Waals surface area contributed by atoms with Crippen molar-refractivity contribution in [2.45, 2.75) is 18.2 Å². The fourth-order valence-corrected chi connectivity index (χ4v) is 3.14. The van der Waals surface area contributed by atoms with Crippen LogP contribution in [-0.4, -0.2) is 29.6 Å². The molecule has 24 heavy (non-hydrogen) atoms. The molecule has 5 nitrogen and oxygen atoms in total. The largest absolute Gasteiger partial charge is 0.312 e. The normalized spacial score (nSPS) is 17.2.